The van der Waals surface area contributed by atoms with Gasteiger partial charge in [0.05, 0.1) is 24.9 Å². The number of hydrogen-bond donors (Lipinski definition) is 4. The topological polar surface area (TPSA) is 111 Å². The van der Waals surface area contributed by atoms with Crippen molar-refractivity contribution in [1.29, 1.82) is 0 Å². The molecule has 0 saturated carbocycles. The lowest BCUT2D eigenvalue weighted by molar-refractivity contribution is -0.276. The first kappa shape index (κ1) is 32.3. The van der Waals surface area contributed by atoms with E-state index in [2.05, 4.69) is 12.2 Å². The van der Waals surface area contributed by atoms with Crippen molar-refractivity contribution < 1.29 is 29.6 Å². The van der Waals surface area contributed by atoms with Gasteiger partial charge in [-0.3, -0.25) is 4.79 Å². The van der Waals surface area contributed by atoms with Crippen LogP contribution in [0.4, 0.5) is 0 Å². The second-order valence-electron chi connectivity index (χ2n) is 11.8. The van der Waals surface area contributed by atoms with Crippen molar-refractivity contribution >= 4 is 5.91 Å². The van der Waals surface area contributed by atoms with Gasteiger partial charge in [0.1, 0.15) is 5.75 Å². The minimum absolute atomic E-state index is 0.0125. The van der Waals surface area contributed by atoms with Crippen LogP contribution in [0.2, 0.25) is 0 Å². The minimum Gasteiger partial charge on any atom is -0.508 e. The summed E-state index contributed by atoms with van der Waals surface area (Å²) in [6, 6.07) is 30.6. The van der Waals surface area contributed by atoms with E-state index in [-0.39, 0.29) is 36.4 Å². The minimum atomic E-state index is -0.768. The molecule has 5 atom stereocenters. The Balaban J connectivity index is 1.37. The van der Waals surface area contributed by atoms with E-state index in [0.29, 0.717) is 25.2 Å². The SMILES string of the molecule is CC(=O)NCc1ccccc1-c1ccc([C@@H]2O[C@H](CN(C)C[C@@H](O)c3cccc(O)c3)[C@H](C)[C@H](c3ccc(CO)cc3)O2)cc1. The van der Waals surface area contributed by atoms with E-state index < -0.39 is 12.4 Å². The molecule has 236 valence electrons. The van der Waals surface area contributed by atoms with E-state index in [0.717, 1.165) is 33.4 Å². The second-order valence-corrected chi connectivity index (χ2v) is 11.8. The number of nitrogens with one attached hydrogen (secondary N) is 1. The summed E-state index contributed by atoms with van der Waals surface area (Å²) in [5.74, 6) is 0.0350. The van der Waals surface area contributed by atoms with Gasteiger partial charge in [0.25, 0.3) is 0 Å². The Bertz CT molecular complexity index is 1560. The monoisotopic (exact) mass is 610 g/mol. The van der Waals surface area contributed by atoms with Gasteiger partial charge in [-0.2, -0.15) is 0 Å². The summed E-state index contributed by atoms with van der Waals surface area (Å²) in [5.41, 5.74) is 6.48. The van der Waals surface area contributed by atoms with E-state index in [1.54, 1.807) is 24.3 Å². The smallest absolute Gasteiger partial charge is 0.217 e. The highest BCUT2D eigenvalue weighted by molar-refractivity contribution is 5.74. The van der Waals surface area contributed by atoms with Crippen molar-refractivity contribution in [1.82, 2.24) is 10.2 Å². The van der Waals surface area contributed by atoms with Gasteiger partial charge in [0.2, 0.25) is 5.91 Å². The Labute approximate surface area is 264 Å². The van der Waals surface area contributed by atoms with Gasteiger partial charge in [-0.15, -0.1) is 0 Å². The molecule has 0 spiro atoms. The molecule has 5 rings (SSSR count). The number of amides is 1. The predicted molar refractivity (Wildman–Crippen MR) is 173 cm³/mol. The third-order valence-electron chi connectivity index (χ3n) is 8.39. The molecule has 1 saturated heterocycles. The Morgan fingerprint density at radius 1 is 0.933 bits per heavy atom. The number of rotatable bonds is 11. The first-order chi connectivity index (χ1) is 21.7. The molecule has 0 aromatic heterocycles. The largest absolute Gasteiger partial charge is 0.508 e. The number of benzene rings is 4. The summed E-state index contributed by atoms with van der Waals surface area (Å²) in [5, 5.41) is 33.2. The lowest BCUT2D eigenvalue weighted by atomic mass is 9.90. The molecule has 1 fully saturated rings. The number of aliphatic hydroxyl groups is 2. The fourth-order valence-corrected chi connectivity index (χ4v) is 5.84. The maximum atomic E-state index is 11.5. The van der Waals surface area contributed by atoms with Crippen LogP contribution in [0.1, 0.15) is 60.2 Å². The van der Waals surface area contributed by atoms with Gasteiger partial charge in [-0.05, 0) is 52.6 Å². The molecule has 8 heteroatoms. The number of likely N-dealkylation sites (N-methyl/N-ethyl adjacent to an activating group) is 1. The van der Waals surface area contributed by atoms with Gasteiger partial charge in [0.15, 0.2) is 6.29 Å². The van der Waals surface area contributed by atoms with Gasteiger partial charge >= 0.3 is 0 Å². The Morgan fingerprint density at radius 2 is 1.64 bits per heavy atom. The van der Waals surface area contributed by atoms with Crippen LogP contribution < -0.4 is 5.32 Å². The number of aromatic hydroxyl groups is 1. The van der Waals surface area contributed by atoms with Crippen LogP contribution in [0.25, 0.3) is 11.1 Å². The predicted octanol–water partition coefficient (Wildman–Crippen LogP) is 5.64. The highest BCUT2D eigenvalue weighted by Gasteiger charge is 2.39. The maximum absolute atomic E-state index is 11.5. The molecular weight excluding hydrogens is 568 g/mol. The third-order valence-corrected chi connectivity index (χ3v) is 8.39. The molecule has 1 aliphatic rings. The maximum Gasteiger partial charge on any atom is 0.217 e. The summed E-state index contributed by atoms with van der Waals surface area (Å²) < 4.78 is 13.2. The molecule has 0 unspecified atom stereocenters. The van der Waals surface area contributed by atoms with Crippen molar-refractivity contribution in [2.24, 2.45) is 5.92 Å². The first-order valence-electron chi connectivity index (χ1n) is 15.3. The number of carbonyl (C=O) groups is 1. The summed E-state index contributed by atoms with van der Waals surface area (Å²) in [6.07, 6.45) is -1.87. The van der Waals surface area contributed by atoms with Crippen LogP contribution >= 0.6 is 0 Å². The van der Waals surface area contributed by atoms with Crippen molar-refractivity contribution in [3.63, 3.8) is 0 Å². The van der Waals surface area contributed by atoms with Crippen LogP contribution in [0, 0.1) is 5.92 Å². The van der Waals surface area contributed by atoms with E-state index in [4.69, 9.17) is 9.47 Å². The molecule has 1 aliphatic heterocycles. The zero-order valence-corrected chi connectivity index (χ0v) is 26.0. The number of nitrogens with zero attached hydrogens (tertiary/aromatic N) is 1. The van der Waals surface area contributed by atoms with Crippen LogP contribution in [-0.2, 0) is 27.4 Å². The number of phenolic OH excluding ortho intramolecular Hbond substituents is 1. The third kappa shape index (κ3) is 8.16. The number of hydrogen-bond acceptors (Lipinski definition) is 7. The van der Waals surface area contributed by atoms with Crippen LogP contribution in [0.5, 0.6) is 5.75 Å². The van der Waals surface area contributed by atoms with Crippen LogP contribution in [0.15, 0.2) is 97.1 Å². The van der Waals surface area contributed by atoms with Crippen molar-refractivity contribution in [3.05, 3.63) is 125 Å². The van der Waals surface area contributed by atoms with E-state index in [1.807, 2.05) is 84.7 Å². The molecule has 4 aromatic carbocycles. The second kappa shape index (κ2) is 14.8. The van der Waals surface area contributed by atoms with Gasteiger partial charge in [-0.25, -0.2) is 0 Å². The molecule has 1 amide bonds. The Hall–Kier alpha value is -4.05. The van der Waals surface area contributed by atoms with E-state index in [1.165, 1.54) is 6.92 Å². The molecule has 4 N–H and O–H groups in total. The molecule has 1 heterocycles. The quantitative estimate of drug-likeness (QED) is 0.174. The highest BCUT2D eigenvalue weighted by atomic mass is 16.7. The first-order valence-corrected chi connectivity index (χ1v) is 15.3. The van der Waals surface area contributed by atoms with E-state index in [9.17, 15) is 20.1 Å². The lowest BCUT2D eigenvalue weighted by Gasteiger charge is -2.42. The summed E-state index contributed by atoms with van der Waals surface area (Å²) in [4.78, 5) is 13.6. The fraction of sp³-hybridized carbons (Fsp3) is 0.324. The zero-order valence-electron chi connectivity index (χ0n) is 26.0. The fourth-order valence-electron chi connectivity index (χ4n) is 5.84. The standard InChI is InChI=1S/C37H42N2O6/c1-24-35(22-39(3)21-34(43)30-8-6-9-32(42)19-30)44-37(45-36(24)28-13-11-26(23-40)12-14-28)29-17-15-27(16-18-29)33-10-5-4-7-31(33)20-38-25(2)41/h4-19,24,34-37,40,42-43H,20-23H2,1-3H3,(H,38,41)/t24-,34+,35+,36+,37+/m0/s1. The van der Waals surface area contributed by atoms with Crippen molar-refractivity contribution in [3.8, 4) is 16.9 Å². The Morgan fingerprint density at radius 3 is 2.33 bits per heavy atom. The summed E-state index contributed by atoms with van der Waals surface area (Å²) in [6.45, 7) is 4.97. The summed E-state index contributed by atoms with van der Waals surface area (Å²) in [7, 11) is 1.95. The molecule has 8 nitrogen and oxygen atoms in total. The summed E-state index contributed by atoms with van der Waals surface area (Å²) >= 11 is 0. The number of aliphatic hydroxyl groups excluding tert-OH is 2. The zero-order chi connectivity index (χ0) is 31.9. The highest BCUT2D eigenvalue weighted by Crippen LogP contribution is 2.42. The lowest BCUT2D eigenvalue weighted by Crippen LogP contribution is -2.44. The van der Waals surface area contributed by atoms with Gasteiger partial charge in [-0.1, -0.05) is 91.9 Å². The van der Waals surface area contributed by atoms with Crippen molar-refractivity contribution in [2.45, 2.75) is 51.6 Å². The molecule has 0 aliphatic carbocycles. The molecule has 0 radical (unpaired) electrons. The van der Waals surface area contributed by atoms with Gasteiger partial charge < -0.3 is 35.0 Å². The van der Waals surface area contributed by atoms with Crippen molar-refractivity contribution in [2.75, 3.05) is 20.1 Å². The number of ether oxygens (including phenoxy) is 2. The molecular formula is C37H42N2O6. The number of carbonyl (C=O) groups excluding carboxylic acids is 1. The normalized spacial score (nSPS) is 20.6. The molecule has 4 aromatic rings. The average Bonchev–Trinajstić information content (AvgIpc) is 3.05. The molecule has 45 heavy (non-hydrogen) atoms. The van der Waals surface area contributed by atoms with Crippen LogP contribution in [-0.4, -0.2) is 52.4 Å². The molecule has 0 bridgehead atoms. The number of phenols is 1. The van der Waals surface area contributed by atoms with Crippen LogP contribution in [0.3, 0.4) is 0 Å². The Kier molecular flexibility index (Phi) is 10.7. The van der Waals surface area contributed by atoms with E-state index >= 15 is 0 Å². The van der Waals surface area contributed by atoms with Gasteiger partial charge in [0, 0.05) is 38.0 Å². The average molecular weight is 611 g/mol.